The van der Waals surface area contributed by atoms with E-state index in [1.165, 1.54) is 11.0 Å². The number of amides is 1. The molecule has 0 aromatic heterocycles. The lowest BCUT2D eigenvalue weighted by atomic mass is 10.2. The fourth-order valence-electron chi connectivity index (χ4n) is 3.32. The maximum absolute atomic E-state index is 12.8. The second-order valence-corrected chi connectivity index (χ2v) is 10.8. The lowest BCUT2D eigenvalue weighted by molar-refractivity contribution is -0.137. The van der Waals surface area contributed by atoms with Gasteiger partial charge in [0.05, 0.1) is 16.5 Å². The van der Waals surface area contributed by atoms with Crippen molar-refractivity contribution in [2.45, 2.75) is 29.6 Å². The standard InChI is InChI=1S/C20H17Br2F3N4O4S/c21-13-3-6-17(22)18(7-13)34(31,32)28-15-8-16(29(9-15)11-26)10-33-19(30)27-14-4-1-12(2-5-14)20(23,24)25/h1-7,15-16,28H,8-10H2,(H,27,30)/t15-,16-/m1/s1. The number of anilines is 1. The molecule has 1 amide bonds. The molecule has 0 bridgehead atoms. The van der Waals surface area contributed by atoms with Gasteiger partial charge in [0.25, 0.3) is 0 Å². The fraction of sp³-hybridized carbons (Fsp3) is 0.300. The number of carbonyl (C=O) groups is 1. The Labute approximate surface area is 210 Å². The van der Waals surface area contributed by atoms with Crippen LogP contribution in [-0.4, -0.2) is 44.6 Å². The SMILES string of the molecule is N#CN1C[C@H](NS(=O)(=O)c2cc(Br)ccc2Br)C[C@@H]1COC(=O)Nc1ccc(C(F)(F)F)cc1. The maximum Gasteiger partial charge on any atom is 0.416 e. The largest absolute Gasteiger partial charge is 0.447 e. The van der Waals surface area contributed by atoms with Crippen molar-refractivity contribution < 1.29 is 31.1 Å². The zero-order valence-corrected chi connectivity index (χ0v) is 21.1. The highest BCUT2D eigenvalue weighted by molar-refractivity contribution is 9.11. The Balaban J connectivity index is 1.57. The predicted molar refractivity (Wildman–Crippen MR) is 123 cm³/mol. The Bertz CT molecular complexity index is 1200. The van der Waals surface area contributed by atoms with Crippen LogP contribution < -0.4 is 10.0 Å². The van der Waals surface area contributed by atoms with Gasteiger partial charge in [0, 0.05) is 27.2 Å². The second-order valence-electron chi connectivity index (χ2n) is 7.33. The van der Waals surface area contributed by atoms with Crippen LogP contribution in [0.3, 0.4) is 0 Å². The minimum Gasteiger partial charge on any atom is -0.447 e. The average Bonchev–Trinajstić information content (AvgIpc) is 3.14. The van der Waals surface area contributed by atoms with Gasteiger partial charge < -0.3 is 9.64 Å². The molecule has 182 valence electrons. The van der Waals surface area contributed by atoms with Gasteiger partial charge in [-0.3, -0.25) is 5.32 Å². The number of ether oxygens (including phenoxy) is 1. The summed E-state index contributed by atoms with van der Waals surface area (Å²) in [6.45, 7) is -0.144. The molecule has 1 saturated heterocycles. The van der Waals surface area contributed by atoms with Gasteiger partial charge >= 0.3 is 12.3 Å². The van der Waals surface area contributed by atoms with Crippen LogP contribution in [0.15, 0.2) is 56.3 Å². The lowest BCUT2D eigenvalue weighted by Crippen LogP contribution is -2.36. The monoisotopic (exact) mass is 624 g/mol. The van der Waals surface area contributed by atoms with E-state index in [2.05, 4.69) is 41.9 Å². The van der Waals surface area contributed by atoms with Crippen LogP contribution in [0.5, 0.6) is 0 Å². The molecule has 0 saturated carbocycles. The number of nitrogens with one attached hydrogen (secondary N) is 2. The van der Waals surface area contributed by atoms with Crippen LogP contribution in [-0.2, 0) is 20.9 Å². The van der Waals surface area contributed by atoms with E-state index in [-0.39, 0.29) is 30.2 Å². The van der Waals surface area contributed by atoms with E-state index in [1.807, 2.05) is 6.19 Å². The van der Waals surface area contributed by atoms with Crippen molar-refractivity contribution in [1.29, 1.82) is 5.26 Å². The van der Waals surface area contributed by atoms with Crippen molar-refractivity contribution in [3.63, 3.8) is 0 Å². The summed E-state index contributed by atoms with van der Waals surface area (Å²) in [5.74, 6) is 0. The zero-order chi connectivity index (χ0) is 25.1. The molecule has 8 nitrogen and oxygen atoms in total. The topological polar surface area (TPSA) is 112 Å². The first-order valence-electron chi connectivity index (χ1n) is 9.64. The molecular weight excluding hydrogens is 609 g/mol. The van der Waals surface area contributed by atoms with Crippen molar-refractivity contribution in [3.05, 3.63) is 57.0 Å². The van der Waals surface area contributed by atoms with Gasteiger partial charge in [0.2, 0.25) is 10.0 Å². The van der Waals surface area contributed by atoms with Crippen molar-refractivity contribution in [2.24, 2.45) is 0 Å². The zero-order valence-electron chi connectivity index (χ0n) is 17.1. The molecule has 0 aliphatic carbocycles. The third-order valence-corrected chi connectivity index (χ3v) is 7.92. The van der Waals surface area contributed by atoms with E-state index in [0.717, 1.165) is 24.3 Å². The number of hydrogen-bond donors (Lipinski definition) is 2. The summed E-state index contributed by atoms with van der Waals surface area (Å²) < 4.78 is 72.1. The minimum atomic E-state index is -4.49. The predicted octanol–water partition coefficient (Wildman–Crippen LogP) is 4.68. The number of carbonyl (C=O) groups excluding carboxylic acids is 1. The average molecular weight is 626 g/mol. The van der Waals surface area contributed by atoms with Crippen LogP contribution in [0, 0.1) is 11.5 Å². The van der Waals surface area contributed by atoms with Crippen LogP contribution in [0.1, 0.15) is 12.0 Å². The number of rotatable bonds is 6. The van der Waals surface area contributed by atoms with E-state index in [4.69, 9.17) is 4.74 Å². The van der Waals surface area contributed by atoms with E-state index >= 15 is 0 Å². The number of hydrogen-bond acceptors (Lipinski definition) is 6. The van der Waals surface area contributed by atoms with E-state index in [1.54, 1.807) is 12.1 Å². The molecule has 0 unspecified atom stereocenters. The van der Waals surface area contributed by atoms with Crippen LogP contribution in [0.25, 0.3) is 0 Å². The molecule has 14 heteroatoms. The van der Waals surface area contributed by atoms with E-state index in [9.17, 15) is 31.6 Å². The van der Waals surface area contributed by atoms with Gasteiger partial charge in [0.1, 0.15) is 6.61 Å². The Kier molecular flexibility index (Phi) is 8.12. The van der Waals surface area contributed by atoms with Crippen molar-refractivity contribution >= 4 is 53.7 Å². The Morgan fingerprint density at radius 1 is 1.21 bits per heavy atom. The number of sulfonamides is 1. The number of likely N-dealkylation sites (tertiary alicyclic amines) is 1. The first-order chi connectivity index (χ1) is 15.9. The first-order valence-corrected chi connectivity index (χ1v) is 12.7. The maximum atomic E-state index is 12.8. The molecule has 2 atom stereocenters. The third-order valence-electron chi connectivity index (χ3n) is 4.91. The highest BCUT2D eigenvalue weighted by Crippen LogP contribution is 2.30. The van der Waals surface area contributed by atoms with Crippen molar-refractivity contribution in [2.75, 3.05) is 18.5 Å². The summed E-state index contributed by atoms with van der Waals surface area (Å²) in [5, 5.41) is 11.7. The summed E-state index contributed by atoms with van der Waals surface area (Å²) in [6.07, 6.45) is -3.26. The summed E-state index contributed by atoms with van der Waals surface area (Å²) in [5.41, 5.74) is -0.753. The lowest BCUT2D eigenvalue weighted by Gasteiger charge is -2.17. The molecule has 1 heterocycles. The van der Waals surface area contributed by atoms with Crippen LogP contribution in [0.2, 0.25) is 0 Å². The Morgan fingerprint density at radius 3 is 2.50 bits per heavy atom. The molecule has 1 aliphatic rings. The number of benzene rings is 2. The molecule has 1 fully saturated rings. The smallest absolute Gasteiger partial charge is 0.416 e. The number of halogens is 5. The van der Waals surface area contributed by atoms with Gasteiger partial charge in [-0.1, -0.05) is 15.9 Å². The van der Waals surface area contributed by atoms with Gasteiger partial charge in [-0.2, -0.15) is 18.4 Å². The molecule has 2 N–H and O–H groups in total. The summed E-state index contributed by atoms with van der Waals surface area (Å²) in [7, 11) is -3.90. The third kappa shape index (κ3) is 6.62. The fourth-order valence-corrected chi connectivity index (χ4v) is 6.06. The van der Waals surface area contributed by atoms with Crippen LogP contribution in [0.4, 0.5) is 23.7 Å². The normalized spacial score (nSPS) is 18.4. The van der Waals surface area contributed by atoms with Gasteiger partial charge in [-0.25, -0.2) is 17.9 Å². The highest BCUT2D eigenvalue weighted by atomic mass is 79.9. The molecule has 2 aromatic carbocycles. The van der Waals surface area contributed by atoms with Gasteiger partial charge in [0.15, 0.2) is 6.19 Å². The quantitative estimate of drug-likeness (QED) is 0.451. The Hall–Kier alpha value is -2.34. The summed E-state index contributed by atoms with van der Waals surface area (Å²) in [6, 6.07) is 7.34. The minimum absolute atomic E-state index is 0.0287. The molecule has 3 rings (SSSR count). The van der Waals surface area contributed by atoms with Crippen molar-refractivity contribution in [3.8, 4) is 6.19 Å². The Morgan fingerprint density at radius 2 is 1.88 bits per heavy atom. The molecule has 34 heavy (non-hydrogen) atoms. The van der Waals surface area contributed by atoms with Gasteiger partial charge in [-0.05, 0) is 64.8 Å². The molecule has 1 aliphatic heterocycles. The molecular formula is C20H17Br2F3N4O4S. The highest BCUT2D eigenvalue weighted by Gasteiger charge is 2.35. The molecule has 0 radical (unpaired) electrons. The van der Waals surface area contributed by atoms with E-state index < -0.39 is 39.9 Å². The van der Waals surface area contributed by atoms with E-state index in [0.29, 0.717) is 8.95 Å². The first kappa shape index (κ1) is 26.3. The number of nitriles is 1. The number of alkyl halides is 3. The van der Waals surface area contributed by atoms with Crippen molar-refractivity contribution in [1.82, 2.24) is 9.62 Å². The number of nitrogens with zero attached hydrogens (tertiary/aromatic N) is 2. The second kappa shape index (κ2) is 10.5. The summed E-state index contributed by atoms with van der Waals surface area (Å²) in [4.78, 5) is 13.4. The molecule has 2 aromatic rings. The molecule has 0 spiro atoms. The summed E-state index contributed by atoms with van der Waals surface area (Å²) >= 11 is 6.44. The van der Waals surface area contributed by atoms with Gasteiger partial charge in [-0.15, -0.1) is 0 Å². The van der Waals surface area contributed by atoms with Crippen LogP contribution >= 0.6 is 31.9 Å².